The van der Waals surface area contributed by atoms with Gasteiger partial charge in [0.2, 0.25) is 0 Å². The molecule has 1 amide bonds. The van der Waals surface area contributed by atoms with Crippen molar-refractivity contribution in [3.05, 3.63) is 77.4 Å². The number of carbonyl (C=O) groups excluding carboxylic acids is 2. The van der Waals surface area contributed by atoms with Crippen LogP contribution in [0.1, 0.15) is 31.0 Å². The predicted molar refractivity (Wildman–Crippen MR) is 139 cm³/mol. The summed E-state index contributed by atoms with van der Waals surface area (Å²) in [5.74, 6) is -0.0906. The molecule has 1 atom stereocenters. The molecule has 2 aliphatic rings. The van der Waals surface area contributed by atoms with Crippen molar-refractivity contribution in [1.29, 1.82) is 0 Å². The van der Waals surface area contributed by atoms with Crippen molar-refractivity contribution in [3.8, 4) is 28.7 Å². The number of carbonyl (C=O) groups is 2. The van der Waals surface area contributed by atoms with Crippen molar-refractivity contribution in [1.82, 2.24) is 0 Å². The zero-order chi connectivity index (χ0) is 26.8. The smallest absolute Gasteiger partial charge is 0.300 e. The molecule has 9 heteroatoms. The van der Waals surface area contributed by atoms with Gasteiger partial charge in [-0.3, -0.25) is 14.5 Å². The molecule has 2 aliphatic heterocycles. The number of fused-ring (bicyclic) bond motifs is 1. The van der Waals surface area contributed by atoms with E-state index in [1.165, 1.54) is 17.0 Å². The molecule has 0 aliphatic carbocycles. The Morgan fingerprint density at radius 2 is 1.58 bits per heavy atom. The number of anilines is 1. The van der Waals surface area contributed by atoms with Crippen LogP contribution >= 0.6 is 0 Å². The lowest BCUT2D eigenvalue weighted by Crippen LogP contribution is -2.29. The Kier molecular flexibility index (Phi) is 6.83. The zero-order valence-corrected chi connectivity index (χ0v) is 21.0. The van der Waals surface area contributed by atoms with Gasteiger partial charge in [0.1, 0.15) is 24.7 Å². The highest BCUT2D eigenvalue weighted by atomic mass is 16.6. The lowest BCUT2D eigenvalue weighted by Gasteiger charge is -2.26. The van der Waals surface area contributed by atoms with Crippen LogP contribution in [0.15, 0.2) is 66.2 Å². The number of benzene rings is 3. The number of hydrogen-bond donors (Lipinski definition) is 2. The van der Waals surface area contributed by atoms with E-state index in [4.69, 9.17) is 18.9 Å². The first-order chi connectivity index (χ1) is 18.4. The minimum absolute atomic E-state index is 0.0252. The summed E-state index contributed by atoms with van der Waals surface area (Å²) in [6, 6.07) is 15.0. The van der Waals surface area contributed by atoms with Crippen LogP contribution in [0.3, 0.4) is 0 Å². The maximum Gasteiger partial charge on any atom is 0.300 e. The van der Waals surface area contributed by atoms with Gasteiger partial charge < -0.3 is 29.2 Å². The molecular formula is C29H27NO8. The van der Waals surface area contributed by atoms with Gasteiger partial charge in [-0.15, -0.1) is 0 Å². The third kappa shape index (κ3) is 4.47. The van der Waals surface area contributed by atoms with Crippen LogP contribution in [0.5, 0.6) is 28.7 Å². The summed E-state index contributed by atoms with van der Waals surface area (Å²) in [6.45, 7) is 5.25. The Balaban J connectivity index is 1.67. The number of hydrogen-bond acceptors (Lipinski definition) is 8. The third-order valence-electron chi connectivity index (χ3n) is 6.27. The Morgan fingerprint density at radius 3 is 2.29 bits per heavy atom. The summed E-state index contributed by atoms with van der Waals surface area (Å²) in [7, 11) is 0. The summed E-state index contributed by atoms with van der Waals surface area (Å²) in [5, 5.41) is 21.3. The van der Waals surface area contributed by atoms with Gasteiger partial charge in [0, 0.05) is 17.3 Å². The fraction of sp³-hybridized carbons (Fsp3) is 0.241. The van der Waals surface area contributed by atoms with Gasteiger partial charge in [0.15, 0.2) is 23.0 Å². The molecule has 3 aromatic rings. The molecule has 2 heterocycles. The summed E-state index contributed by atoms with van der Waals surface area (Å²) >= 11 is 0. The van der Waals surface area contributed by atoms with Crippen LogP contribution in [0.25, 0.3) is 5.76 Å². The van der Waals surface area contributed by atoms with E-state index < -0.39 is 17.7 Å². The molecule has 38 heavy (non-hydrogen) atoms. The van der Waals surface area contributed by atoms with Crippen molar-refractivity contribution in [2.45, 2.75) is 19.9 Å². The lowest BCUT2D eigenvalue weighted by atomic mass is 9.95. The van der Waals surface area contributed by atoms with E-state index in [9.17, 15) is 19.8 Å². The topological polar surface area (TPSA) is 115 Å². The second kappa shape index (κ2) is 10.4. The van der Waals surface area contributed by atoms with Gasteiger partial charge >= 0.3 is 0 Å². The van der Waals surface area contributed by atoms with E-state index in [0.717, 1.165) is 0 Å². The second-order valence-electron chi connectivity index (χ2n) is 8.62. The van der Waals surface area contributed by atoms with Crippen LogP contribution in [-0.2, 0) is 9.59 Å². The van der Waals surface area contributed by atoms with Gasteiger partial charge in [0.25, 0.3) is 11.7 Å². The zero-order valence-electron chi connectivity index (χ0n) is 21.0. The van der Waals surface area contributed by atoms with Crippen LogP contribution in [-0.4, -0.2) is 48.3 Å². The average molecular weight is 518 g/mol. The van der Waals surface area contributed by atoms with E-state index in [2.05, 4.69) is 0 Å². The first-order valence-electron chi connectivity index (χ1n) is 12.3. The Labute approximate surface area is 219 Å². The maximum atomic E-state index is 13.5. The van der Waals surface area contributed by atoms with Crippen molar-refractivity contribution in [3.63, 3.8) is 0 Å². The van der Waals surface area contributed by atoms with E-state index in [1.54, 1.807) is 48.5 Å². The summed E-state index contributed by atoms with van der Waals surface area (Å²) < 4.78 is 22.6. The normalized spacial score (nSPS) is 17.9. The largest absolute Gasteiger partial charge is 0.508 e. The van der Waals surface area contributed by atoms with Crippen LogP contribution in [0.2, 0.25) is 0 Å². The van der Waals surface area contributed by atoms with Gasteiger partial charge in [0.05, 0.1) is 24.8 Å². The van der Waals surface area contributed by atoms with Gasteiger partial charge in [-0.2, -0.15) is 0 Å². The van der Waals surface area contributed by atoms with Crippen molar-refractivity contribution >= 4 is 23.1 Å². The number of phenols is 1. The van der Waals surface area contributed by atoms with E-state index in [-0.39, 0.29) is 17.1 Å². The first kappa shape index (κ1) is 25.0. The minimum atomic E-state index is -0.976. The van der Waals surface area contributed by atoms with Crippen LogP contribution in [0, 0.1) is 0 Å². The maximum absolute atomic E-state index is 13.5. The molecule has 5 rings (SSSR count). The molecule has 0 spiro atoms. The number of aliphatic hydroxyl groups is 1. The fourth-order valence-electron chi connectivity index (χ4n) is 4.61. The standard InChI is InChI=1S/C29H27NO8/c1-3-35-21-12-8-19(16-24(21)36-4-2)30-26(17-5-9-20(31)10-6-17)25(28(33)29(30)34)27(32)18-7-11-22-23(15-18)38-14-13-37-22/h5-12,15-16,26,31-32H,3-4,13-14H2,1-2H3/b27-25-. The number of phenolic OH excluding ortho intramolecular Hbond substituents is 1. The number of aliphatic hydroxyl groups excluding tert-OH is 1. The van der Waals surface area contributed by atoms with Gasteiger partial charge in [-0.05, 0) is 61.9 Å². The Bertz CT molecular complexity index is 1410. The first-order valence-corrected chi connectivity index (χ1v) is 12.3. The summed E-state index contributed by atoms with van der Waals surface area (Å²) in [5.41, 5.74) is 1.12. The lowest BCUT2D eigenvalue weighted by molar-refractivity contribution is -0.132. The number of amides is 1. The second-order valence-corrected chi connectivity index (χ2v) is 8.62. The average Bonchev–Trinajstić information content (AvgIpc) is 3.19. The van der Waals surface area contributed by atoms with E-state index in [1.807, 2.05) is 13.8 Å². The summed E-state index contributed by atoms with van der Waals surface area (Å²) in [6.07, 6.45) is 0. The molecule has 1 saturated heterocycles. The number of nitrogens with zero attached hydrogens (tertiary/aromatic N) is 1. The van der Waals surface area contributed by atoms with Gasteiger partial charge in [-0.25, -0.2) is 0 Å². The minimum Gasteiger partial charge on any atom is -0.508 e. The third-order valence-corrected chi connectivity index (χ3v) is 6.27. The molecule has 196 valence electrons. The highest BCUT2D eigenvalue weighted by Gasteiger charge is 2.47. The van der Waals surface area contributed by atoms with Crippen LogP contribution in [0.4, 0.5) is 5.69 Å². The summed E-state index contributed by atoms with van der Waals surface area (Å²) in [4.78, 5) is 28.2. The van der Waals surface area contributed by atoms with E-state index in [0.29, 0.717) is 66.2 Å². The molecule has 1 fully saturated rings. The number of aromatic hydroxyl groups is 1. The SMILES string of the molecule is CCOc1ccc(N2C(=O)C(=O)/C(=C(\O)c3ccc4c(c3)OCCO4)C2c2ccc(O)cc2)cc1OCC. The molecule has 2 N–H and O–H groups in total. The highest BCUT2D eigenvalue weighted by Crippen LogP contribution is 2.45. The van der Waals surface area contributed by atoms with Crippen molar-refractivity contribution < 1.29 is 38.7 Å². The molecule has 0 radical (unpaired) electrons. The number of Topliss-reactive ketones (excluding diaryl/α,β-unsaturated/α-hetero) is 1. The monoisotopic (exact) mass is 517 g/mol. The molecular weight excluding hydrogens is 490 g/mol. The molecule has 0 bridgehead atoms. The molecule has 9 nitrogen and oxygen atoms in total. The molecule has 3 aromatic carbocycles. The number of rotatable bonds is 7. The molecule has 0 aromatic heterocycles. The number of ether oxygens (including phenoxy) is 4. The van der Waals surface area contributed by atoms with Crippen molar-refractivity contribution in [2.75, 3.05) is 31.3 Å². The van der Waals surface area contributed by atoms with E-state index >= 15 is 0 Å². The quantitative estimate of drug-likeness (QED) is 0.266. The Morgan fingerprint density at radius 1 is 0.895 bits per heavy atom. The van der Waals surface area contributed by atoms with Crippen molar-refractivity contribution in [2.24, 2.45) is 0 Å². The highest BCUT2D eigenvalue weighted by molar-refractivity contribution is 6.51. The molecule has 0 saturated carbocycles. The Hall–Kier alpha value is -4.66. The van der Waals surface area contributed by atoms with Crippen LogP contribution < -0.4 is 23.8 Å². The fourth-order valence-corrected chi connectivity index (χ4v) is 4.61. The van der Waals surface area contributed by atoms with Gasteiger partial charge in [-0.1, -0.05) is 12.1 Å². The predicted octanol–water partition coefficient (Wildman–Crippen LogP) is 4.59. The molecule has 1 unspecified atom stereocenters. The number of ketones is 1.